The minimum absolute atomic E-state index is 0.141. The van der Waals surface area contributed by atoms with Crippen LogP contribution in [0.15, 0.2) is 16.6 Å². The molecule has 19 heavy (non-hydrogen) atoms. The zero-order chi connectivity index (χ0) is 14.2. The van der Waals surface area contributed by atoms with Crippen molar-refractivity contribution in [3.8, 4) is 0 Å². The fraction of sp³-hybridized carbons (Fsp3) is 0.333. The summed E-state index contributed by atoms with van der Waals surface area (Å²) in [7, 11) is 0. The molecular weight excluding hydrogens is 327 g/mol. The normalized spacial score (nSPS) is 14.2. The Morgan fingerprint density at radius 1 is 1.37 bits per heavy atom. The first-order valence-electron chi connectivity index (χ1n) is 5.48. The van der Waals surface area contributed by atoms with Gasteiger partial charge < -0.3 is 5.32 Å². The van der Waals surface area contributed by atoms with Crippen molar-refractivity contribution < 1.29 is 22.8 Å². The van der Waals surface area contributed by atoms with E-state index in [-0.39, 0.29) is 17.9 Å². The van der Waals surface area contributed by atoms with E-state index in [4.69, 9.17) is 0 Å². The van der Waals surface area contributed by atoms with Crippen molar-refractivity contribution in [2.75, 3.05) is 5.32 Å². The quantitative estimate of drug-likeness (QED) is 0.859. The second-order valence-corrected chi connectivity index (χ2v) is 5.11. The number of halogens is 4. The number of nitrogens with one attached hydrogen (secondary N) is 1. The molecule has 2 rings (SSSR count). The van der Waals surface area contributed by atoms with Crippen LogP contribution >= 0.6 is 15.9 Å². The molecule has 0 fully saturated rings. The van der Waals surface area contributed by atoms with Crippen LogP contribution in [-0.2, 0) is 11.2 Å². The van der Waals surface area contributed by atoms with E-state index >= 15 is 0 Å². The molecule has 1 aromatic carbocycles. The maximum Gasteiger partial charge on any atom is 0.389 e. The van der Waals surface area contributed by atoms with Crippen molar-refractivity contribution >= 4 is 33.3 Å². The number of hydrogen-bond acceptors (Lipinski definition) is 2. The van der Waals surface area contributed by atoms with Gasteiger partial charge in [0.2, 0.25) is 5.91 Å². The van der Waals surface area contributed by atoms with Crippen LogP contribution in [0.5, 0.6) is 0 Å². The molecule has 0 spiro atoms. The summed E-state index contributed by atoms with van der Waals surface area (Å²) >= 11 is 3.14. The second kappa shape index (κ2) is 4.96. The van der Waals surface area contributed by atoms with Gasteiger partial charge in [-0.05, 0) is 33.6 Å². The van der Waals surface area contributed by atoms with Gasteiger partial charge in [0.15, 0.2) is 5.78 Å². The van der Waals surface area contributed by atoms with Crippen molar-refractivity contribution in [3.05, 3.63) is 27.7 Å². The van der Waals surface area contributed by atoms with Crippen LogP contribution in [-0.4, -0.2) is 17.9 Å². The smallest absolute Gasteiger partial charge is 0.325 e. The lowest BCUT2D eigenvalue weighted by molar-refractivity contribution is -0.133. The summed E-state index contributed by atoms with van der Waals surface area (Å²) in [6, 6.07) is 3.01. The monoisotopic (exact) mass is 335 g/mol. The van der Waals surface area contributed by atoms with Crippen molar-refractivity contribution in [2.45, 2.75) is 25.4 Å². The van der Waals surface area contributed by atoms with Crippen LogP contribution in [0.1, 0.15) is 28.8 Å². The van der Waals surface area contributed by atoms with Crippen molar-refractivity contribution in [2.24, 2.45) is 0 Å². The van der Waals surface area contributed by atoms with Gasteiger partial charge in [-0.15, -0.1) is 0 Å². The average Bonchev–Trinajstić information content (AvgIpc) is 2.63. The number of alkyl halides is 3. The van der Waals surface area contributed by atoms with E-state index in [1.165, 1.54) is 6.07 Å². The van der Waals surface area contributed by atoms with Gasteiger partial charge in [-0.2, -0.15) is 13.2 Å². The van der Waals surface area contributed by atoms with E-state index < -0.39 is 24.8 Å². The summed E-state index contributed by atoms with van der Waals surface area (Å²) in [5.74, 6) is -0.784. The van der Waals surface area contributed by atoms with Crippen LogP contribution < -0.4 is 5.32 Å². The molecule has 1 amide bonds. The van der Waals surface area contributed by atoms with Gasteiger partial charge in [-0.25, -0.2) is 0 Å². The number of fused-ring (bicyclic) bond motifs is 1. The van der Waals surface area contributed by atoms with Crippen LogP contribution in [0.4, 0.5) is 18.9 Å². The maximum atomic E-state index is 12.1. The molecule has 1 aliphatic rings. The molecule has 1 N–H and O–H groups in total. The summed E-state index contributed by atoms with van der Waals surface area (Å²) in [6.07, 6.45) is -5.95. The first kappa shape index (κ1) is 14.0. The third-order valence-electron chi connectivity index (χ3n) is 2.75. The number of rotatable bonds is 3. The standard InChI is InChI=1S/C12H9BrF3NO2/c13-8-5-9-6(4-11(19)17-9)3-7(8)10(18)1-2-12(14,15)16/h3,5H,1-2,4H2,(H,17,19). The van der Waals surface area contributed by atoms with Crippen LogP contribution in [0.2, 0.25) is 0 Å². The Hall–Kier alpha value is -1.37. The molecule has 0 radical (unpaired) electrons. The van der Waals surface area contributed by atoms with Crippen LogP contribution in [0.3, 0.4) is 0 Å². The van der Waals surface area contributed by atoms with E-state index in [0.717, 1.165) is 0 Å². The highest BCUT2D eigenvalue weighted by atomic mass is 79.9. The van der Waals surface area contributed by atoms with E-state index in [1.807, 2.05) is 0 Å². The fourth-order valence-corrected chi connectivity index (χ4v) is 2.42. The molecule has 1 aromatic rings. The molecule has 1 aliphatic heterocycles. The van der Waals surface area contributed by atoms with Crippen LogP contribution in [0.25, 0.3) is 0 Å². The fourth-order valence-electron chi connectivity index (χ4n) is 1.85. The predicted octanol–water partition coefficient (Wildman–Crippen LogP) is 3.47. The first-order chi connectivity index (χ1) is 8.76. The highest BCUT2D eigenvalue weighted by Crippen LogP contribution is 2.31. The maximum absolute atomic E-state index is 12.1. The van der Waals surface area contributed by atoms with Crippen LogP contribution in [0, 0.1) is 0 Å². The molecule has 7 heteroatoms. The number of anilines is 1. The molecule has 0 aliphatic carbocycles. The molecule has 0 saturated heterocycles. The lowest BCUT2D eigenvalue weighted by Gasteiger charge is -2.08. The Labute approximate surface area is 115 Å². The first-order valence-corrected chi connectivity index (χ1v) is 6.28. The Bertz CT molecular complexity index is 555. The van der Waals surface area contributed by atoms with Crippen molar-refractivity contribution in [1.82, 2.24) is 0 Å². The third-order valence-corrected chi connectivity index (χ3v) is 3.41. The largest absolute Gasteiger partial charge is 0.389 e. The number of amides is 1. The molecule has 1 heterocycles. The van der Waals surface area contributed by atoms with E-state index in [1.54, 1.807) is 6.07 Å². The minimum atomic E-state index is -4.35. The van der Waals surface area contributed by atoms with Gasteiger partial charge in [-0.1, -0.05) is 0 Å². The molecule has 0 aromatic heterocycles. The Kier molecular flexibility index (Phi) is 3.66. The minimum Gasteiger partial charge on any atom is -0.325 e. The second-order valence-electron chi connectivity index (χ2n) is 4.25. The Balaban J connectivity index is 2.19. The lowest BCUT2D eigenvalue weighted by atomic mass is 10.0. The predicted molar refractivity (Wildman–Crippen MR) is 66.1 cm³/mol. The number of carbonyl (C=O) groups excluding carboxylic acids is 2. The number of hydrogen-bond donors (Lipinski definition) is 1. The summed E-state index contributed by atoms with van der Waals surface area (Å²) in [5.41, 5.74) is 1.40. The zero-order valence-electron chi connectivity index (χ0n) is 9.60. The van der Waals surface area contributed by atoms with E-state index in [2.05, 4.69) is 21.2 Å². The number of ketones is 1. The average molecular weight is 336 g/mol. The van der Waals surface area contributed by atoms with Gasteiger partial charge in [-0.3, -0.25) is 9.59 Å². The summed E-state index contributed by atoms with van der Waals surface area (Å²) in [4.78, 5) is 22.9. The molecular formula is C12H9BrF3NO2. The Morgan fingerprint density at radius 2 is 2.05 bits per heavy atom. The molecule has 0 bridgehead atoms. The third kappa shape index (κ3) is 3.34. The summed E-state index contributed by atoms with van der Waals surface area (Å²) in [5, 5.41) is 2.60. The van der Waals surface area contributed by atoms with Crippen molar-refractivity contribution in [3.63, 3.8) is 0 Å². The van der Waals surface area contributed by atoms with Gasteiger partial charge in [0.25, 0.3) is 0 Å². The highest BCUT2D eigenvalue weighted by molar-refractivity contribution is 9.10. The molecule has 102 valence electrons. The number of carbonyl (C=O) groups is 2. The molecule has 3 nitrogen and oxygen atoms in total. The highest BCUT2D eigenvalue weighted by Gasteiger charge is 2.29. The van der Waals surface area contributed by atoms with Gasteiger partial charge in [0.05, 0.1) is 12.8 Å². The van der Waals surface area contributed by atoms with E-state index in [0.29, 0.717) is 15.7 Å². The van der Waals surface area contributed by atoms with Gasteiger partial charge >= 0.3 is 6.18 Å². The summed E-state index contributed by atoms with van der Waals surface area (Å²) in [6.45, 7) is 0. The summed E-state index contributed by atoms with van der Waals surface area (Å²) < 4.78 is 36.6. The SMILES string of the molecule is O=C1Cc2cc(C(=O)CCC(F)(F)F)c(Br)cc2N1. The van der Waals surface area contributed by atoms with Gasteiger partial charge in [0.1, 0.15) is 0 Å². The zero-order valence-corrected chi connectivity index (χ0v) is 11.2. The number of Topliss-reactive ketones (excluding diaryl/α,β-unsaturated/α-hetero) is 1. The van der Waals surface area contributed by atoms with Gasteiger partial charge in [0, 0.05) is 22.1 Å². The molecule has 0 unspecified atom stereocenters. The molecule has 0 atom stereocenters. The van der Waals surface area contributed by atoms with E-state index in [9.17, 15) is 22.8 Å². The Morgan fingerprint density at radius 3 is 2.68 bits per heavy atom. The topological polar surface area (TPSA) is 46.2 Å². The molecule has 0 saturated carbocycles. The lowest BCUT2D eigenvalue weighted by Crippen LogP contribution is -2.11. The number of benzene rings is 1. The van der Waals surface area contributed by atoms with Crippen molar-refractivity contribution in [1.29, 1.82) is 0 Å².